The molecule has 0 saturated heterocycles. The highest BCUT2D eigenvalue weighted by Crippen LogP contribution is 2.38. The Morgan fingerprint density at radius 2 is 1.82 bits per heavy atom. The Hall–Kier alpha value is -6.11. The molecule has 1 aromatic heterocycles. The highest BCUT2D eigenvalue weighted by atomic mass is 19.1. The minimum atomic E-state index is -0.682. The molecule has 0 bridgehead atoms. The molecule has 0 aliphatic heterocycles. The number of hydrogen-bond donors (Lipinski definition) is 1. The monoisotopic (exact) mass is 667 g/mol. The van der Waals surface area contributed by atoms with Gasteiger partial charge in [0.25, 0.3) is 11.5 Å². The van der Waals surface area contributed by atoms with Gasteiger partial charge in [0.15, 0.2) is 18.2 Å². The Morgan fingerprint density at radius 3 is 2.49 bits per heavy atom. The Balaban J connectivity index is 1.55. The molecule has 1 N–H and O–H groups in total. The maximum atomic E-state index is 13.9. The predicted octanol–water partition coefficient (Wildman–Crippen LogP) is 6.85. The van der Waals surface area contributed by atoms with Crippen molar-refractivity contribution in [2.45, 2.75) is 33.6 Å². The molecule has 1 heterocycles. The quantitative estimate of drug-likeness (QED) is 0.0863. The van der Waals surface area contributed by atoms with Crippen LogP contribution in [0.15, 0.2) is 82.7 Å². The molecular weight excluding hydrogens is 633 g/mol. The topological polar surface area (TPSA) is 147 Å². The van der Waals surface area contributed by atoms with E-state index in [0.717, 1.165) is 21.6 Å². The number of benzene rings is 4. The van der Waals surface area contributed by atoms with E-state index in [4.69, 9.17) is 19.2 Å². The molecular formula is C36H34FN5O7. The van der Waals surface area contributed by atoms with Crippen molar-refractivity contribution < 1.29 is 28.3 Å². The van der Waals surface area contributed by atoms with E-state index in [9.17, 15) is 24.1 Å². The summed E-state index contributed by atoms with van der Waals surface area (Å²) in [5.74, 6) is -0.304. The zero-order valence-electron chi connectivity index (χ0n) is 27.5. The average Bonchev–Trinajstić information content (AvgIpc) is 3.07. The number of nitrogens with zero attached hydrogens (tertiary/aromatic N) is 4. The van der Waals surface area contributed by atoms with Crippen LogP contribution in [0.1, 0.15) is 43.4 Å². The molecule has 252 valence electrons. The Morgan fingerprint density at radius 1 is 1.08 bits per heavy atom. The van der Waals surface area contributed by atoms with Gasteiger partial charge < -0.3 is 19.5 Å². The fourth-order valence-electron chi connectivity index (χ4n) is 5.18. The van der Waals surface area contributed by atoms with Crippen LogP contribution in [0.4, 0.5) is 15.8 Å². The van der Waals surface area contributed by atoms with Gasteiger partial charge in [-0.15, -0.1) is 0 Å². The van der Waals surface area contributed by atoms with E-state index in [-0.39, 0.29) is 28.8 Å². The van der Waals surface area contributed by atoms with Gasteiger partial charge in [0.05, 0.1) is 35.8 Å². The number of halogens is 1. The number of ether oxygens (including phenoxy) is 3. The van der Waals surface area contributed by atoms with Crippen LogP contribution in [-0.2, 0) is 4.79 Å². The standard InChI is InChI=1S/C36H34FN5O7/c1-6-48-31-15-22(4)28(18-27(31)21(2)3)35-40-29-10-8-7-9-26(29)36(44)41(35)38-19-23-16-30(42(45)46)34(32(17-23)47-5)49-20-33(43)39-25-13-11-24(37)12-14-25/h7-19,21H,6,20H2,1-5H3,(H,39,43). The van der Waals surface area contributed by atoms with E-state index in [0.29, 0.717) is 28.8 Å². The lowest BCUT2D eigenvalue weighted by atomic mass is 9.96. The molecule has 0 spiro atoms. The van der Waals surface area contributed by atoms with Gasteiger partial charge in [-0.25, -0.2) is 9.37 Å². The smallest absolute Gasteiger partial charge is 0.315 e. The first-order valence-corrected chi connectivity index (χ1v) is 15.4. The van der Waals surface area contributed by atoms with Crippen LogP contribution in [-0.4, -0.2) is 47.0 Å². The van der Waals surface area contributed by atoms with Crippen LogP contribution >= 0.6 is 0 Å². The van der Waals surface area contributed by atoms with E-state index in [1.165, 1.54) is 49.7 Å². The molecule has 0 saturated carbocycles. The number of hydrogen-bond acceptors (Lipinski definition) is 9. The van der Waals surface area contributed by atoms with Gasteiger partial charge in [-0.3, -0.25) is 19.7 Å². The van der Waals surface area contributed by atoms with E-state index in [1.54, 1.807) is 24.3 Å². The molecule has 49 heavy (non-hydrogen) atoms. The number of carbonyl (C=O) groups is 1. The molecule has 13 heteroatoms. The minimum absolute atomic E-state index is 0.0432. The number of amides is 1. The Kier molecular flexibility index (Phi) is 10.3. The number of nitro benzene ring substituents is 1. The van der Waals surface area contributed by atoms with Crippen LogP contribution in [0.5, 0.6) is 17.2 Å². The maximum Gasteiger partial charge on any atom is 0.315 e. The summed E-state index contributed by atoms with van der Waals surface area (Å²) in [4.78, 5) is 42.6. The second kappa shape index (κ2) is 14.8. The number of aryl methyl sites for hydroxylation is 1. The molecule has 0 radical (unpaired) electrons. The summed E-state index contributed by atoms with van der Waals surface area (Å²) in [6, 6.07) is 18.5. The van der Waals surface area contributed by atoms with Crippen LogP contribution in [0.25, 0.3) is 22.3 Å². The first-order chi connectivity index (χ1) is 23.5. The van der Waals surface area contributed by atoms with Crippen molar-refractivity contribution >= 4 is 34.4 Å². The zero-order chi connectivity index (χ0) is 35.2. The number of aromatic nitrogens is 2. The van der Waals surface area contributed by atoms with Crippen LogP contribution in [0.3, 0.4) is 0 Å². The number of para-hydroxylation sites is 1. The second-order valence-electron chi connectivity index (χ2n) is 11.3. The third-order valence-corrected chi connectivity index (χ3v) is 7.55. The summed E-state index contributed by atoms with van der Waals surface area (Å²) in [6.07, 6.45) is 1.29. The maximum absolute atomic E-state index is 13.9. The van der Waals surface area contributed by atoms with E-state index >= 15 is 0 Å². The first-order valence-electron chi connectivity index (χ1n) is 15.4. The summed E-state index contributed by atoms with van der Waals surface area (Å²) in [7, 11) is 1.29. The van der Waals surface area contributed by atoms with Gasteiger partial charge in [-0.2, -0.15) is 9.78 Å². The van der Waals surface area contributed by atoms with E-state index < -0.39 is 34.5 Å². The van der Waals surface area contributed by atoms with Crippen LogP contribution in [0, 0.1) is 22.9 Å². The van der Waals surface area contributed by atoms with Gasteiger partial charge in [0.1, 0.15) is 11.6 Å². The van der Waals surface area contributed by atoms with Crippen molar-refractivity contribution in [2.75, 3.05) is 25.6 Å². The second-order valence-corrected chi connectivity index (χ2v) is 11.3. The lowest BCUT2D eigenvalue weighted by molar-refractivity contribution is -0.385. The molecule has 0 unspecified atom stereocenters. The van der Waals surface area contributed by atoms with E-state index in [1.807, 2.05) is 39.8 Å². The number of nitrogens with one attached hydrogen (secondary N) is 1. The number of methoxy groups -OCH3 is 1. The third kappa shape index (κ3) is 7.56. The highest BCUT2D eigenvalue weighted by Gasteiger charge is 2.24. The Labute approximate surface area is 280 Å². The molecule has 0 atom stereocenters. The lowest BCUT2D eigenvalue weighted by Crippen LogP contribution is -2.21. The number of rotatable bonds is 12. The van der Waals surface area contributed by atoms with Gasteiger partial charge in [0, 0.05) is 22.9 Å². The fourth-order valence-corrected chi connectivity index (χ4v) is 5.18. The van der Waals surface area contributed by atoms with Gasteiger partial charge >= 0.3 is 5.69 Å². The molecule has 0 aliphatic carbocycles. The molecule has 4 aromatic carbocycles. The number of anilines is 1. The lowest BCUT2D eigenvalue weighted by Gasteiger charge is -2.18. The number of fused-ring (bicyclic) bond motifs is 1. The summed E-state index contributed by atoms with van der Waals surface area (Å²) in [6.45, 7) is 7.79. The molecule has 5 rings (SSSR count). The van der Waals surface area contributed by atoms with E-state index in [2.05, 4.69) is 10.4 Å². The van der Waals surface area contributed by atoms with Crippen molar-refractivity contribution in [3.8, 4) is 28.6 Å². The van der Waals surface area contributed by atoms with Crippen molar-refractivity contribution in [2.24, 2.45) is 5.10 Å². The van der Waals surface area contributed by atoms with Crippen LogP contribution in [0.2, 0.25) is 0 Å². The summed E-state index contributed by atoms with van der Waals surface area (Å²) in [5, 5.41) is 19.5. The van der Waals surface area contributed by atoms with Crippen molar-refractivity contribution in [1.29, 1.82) is 0 Å². The largest absolute Gasteiger partial charge is 0.494 e. The number of nitro groups is 1. The van der Waals surface area contributed by atoms with Gasteiger partial charge in [0.2, 0.25) is 5.75 Å². The molecule has 5 aromatic rings. The summed E-state index contributed by atoms with van der Waals surface area (Å²) >= 11 is 0. The van der Waals surface area contributed by atoms with Crippen molar-refractivity contribution in [3.63, 3.8) is 0 Å². The summed E-state index contributed by atoms with van der Waals surface area (Å²) in [5.41, 5.74) is 2.48. The third-order valence-electron chi connectivity index (χ3n) is 7.55. The normalized spacial score (nSPS) is 11.2. The molecule has 1 amide bonds. The molecule has 0 fully saturated rings. The number of carbonyl (C=O) groups excluding carboxylic acids is 1. The highest BCUT2D eigenvalue weighted by molar-refractivity contribution is 5.92. The fraction of sp³-hybridized carbons (Fsp3) is 0.222. The average molecular weight is 668 g/mol. The molecule has 0 aliphatic rings. The summed E-state index contributed by atoms with van der Waals surface area (Å²) < 4.78 is 31.2. The SMILES string of the molecule is CCOc1cc(C)c(-c2nc3ccccc3c(=O)n2N=Cc2cc(OC)c(OCC(=O)Nc3ccc(F)cc3)c([N+](=O)[O-])c2)cc1C(C)C. The van der Waals surface area contributed by atoms with Crippen molar-refractivity contribution in [3.05, 3.63) is 116 Å². The minimum Gasteiger partial charge on any atom is -0.494 e. The van der Waals surface area contributed by atoms with Gasteiger partial charge in [-0.1, -0.05) is 26.0 Å². The Bertz CT molecular complexity index is 2130. The first kappa shape index (κ1) is 34.2. The van der Waals surface area contributed by atoms with Gasteiger partial charge in [-0.05, 0) is 85.5 Å². The van der Waals surface area contributed by atoms with Crippen molar-refractivity contribution in [1.82, 2.24) is 9.66 Å². The zero-order valence-corrected chi connectivity index (χ0v) is 27.5. The molecule has 12 nitrogen and oxygen atoms in total. The predicted molar refractivity (Wildman–Crippen MR) is 185 cm³/mol. The van der Waals surface area contributed by atoms with Crippen LogP contribution < -0.4 is 25.1 Å².